The molecule has 0 bridgehead atoms. The standard InChI is InChI=1S/C16H18FN/c1-4-6-13-10-15(17)12(3)9-14(13)16-11(2)7-5-8-18-16/h5,7-10H,4,6H2,1-3H3. The number of aryl methyl sites for hydroxylation is 3. The van der Waals surface area contributed by atoms with Crippen LogP contribution in [0.2, 0.25) is 0 Å². The highest BCUT2D eigenvalue weighted by molar-refractivity contribution is 5.67. The number of hydrogen-bond donors (Lipinski definition) is 0. The Hall–Kier alpha value is -1.70. The molecule has 0 aliphatic heterocycles. The van der Waals surface area contributed by atoms with Gasteiger partial charge < -0.3 is 0 Å². The Morgan fingerprint density at radius 2 is 1.94 bits per heavy atom. The molecule has 0 saturated carbocycles. The van der Waals surface area contributed by atoms with Crippen LogP contribution in [0.4, 0.5) is 4.39 Å². The monoisotopic (exact) mass is 243 g/mol. The molecule has 1 aromatic heterocycles. The fourth-order valence-electron chi connectivity index (χ4n) is 2.19. The van der Waals surface area contributed by atoms with Gasteiger partial charge in [-0.3, -0.25) is 4.98 Å². The van der Waals surface area contributed by atoms with Crippen LogP contribution in [0.1, 0.15) is 30.0 Å². The molecule has 0 atom stereocenters. The van der Waals surface area contributed by atoms with Crippen LogP contribution in [-0.2, 0) is 6.42 Å². The highest BCUT2D eigenvalue weighted by Crippen LogP contribution is 2.28. The zero-order valence-corrected chi connectivity index (χ0v) is 11.1. The van der Waals surface area contributed by atoms with E-state index in [0.29, 0.717) is 5.56 Å². The highest BCUT2D eigenvalue weighted by Gasteiger charge is 2.11. The number of rotatable bonds is 3. The van der Waals surface area contributed by atoms with E-state index in [9.17, 15) is 4.39 Å². The maximum Gasteiger partial charge on any atom is 0.126 e. The van der Waals surface area contributed by atoms with Crippen LogP contribution in [0.25, 0.3) is 11.3 Å². The summed E-state index contributed by atoms with van der Waals surface area (Å²) in [5.74, 6) is -0.129. The van der Waals surface area contributed by atoms with Gasteiger partial charge in [-0.05, 0) is 55.2 Å². The molecule has 0 fully saturated rings. The van der Waals surface area contributed by atoms with Gasteiger partial charge in [-0.15, -0.1) is 0 Å². The summed E-state index contributed by atoms with van der Waals surface area (Å²) >= 11 is 0. The van der Waals surface area contributed by atoms with Crippen LogP contribution in [-0.4, -0.2) is 4.98 Å². The minimum absolute atomic E-state index is 0.129. The lowest BCUT2D eigenvalue weighted by Crippen LogP contribution is -1.97. The smallest absolute Gasteiger partial charge is 0.126 e. The van der Waals surface area contributed by atoms with Gasteiger partial charge in [0.15, 0.2) is 0 Å². The van der Waals surface area contributed by atoms with E-state index in [2.05, 4.69) is 11.9 Å². The summed E-state index contributed by atoms with van der Waals surface area (Å²) in [5.41, 5.74) is 4.87. The zero-order valence-electron chi connectivity index (χ0n) is 11.1. The molecule has 0 N–H and O–H groups in total. The molecule has 1 aromatic carbocycles. The van der Waals surface area contributed by atoms with Crippen molar-refractivity contribution in [2.45, 2.75) is 33.6 Å². The first kappa shape index (κ1) is 12.7. The van der Waals surface area contributed by atoms with E-state index in [-0.39, 0.29) is 5.82 Å². The average molecular weight is 243 g/mol. The minimum Gasteiger partial charge on any atom is -0.256 e. The van der Waals surface area contributed by atoms with Crippen LogP contribution >= 0.6 is 0 Å². The maximum absolute atomic E-state index is 13.7. The molecule has 0 aliphatic carbocycles. The Kier molecular flexibility index (Phi) is 3.75. The second kappa shape index (κ2) is 5.30. The number of halogens is 1. The molecule has 0 aliphatic rings. The molecule has 18 heavy (non-hydrogen) atoms. The predicted molar refractivity (Wildman–Crippen MR) is 73.1 cm³/mol. The third kappa shape index (κ3) is 2.42. The van der Waals surface area contributed by atoms with Crippen molar-refractivity contribution in [2.75, 3.05) is 0 Å². The maximum atomic E-state index is 13.7. The number of nitrogens with zero attached hydrogens (tertiary/aromatic N) is 1. The largest absolute Gasteiger partial charge is 0.256 e. The Morgan fingerprint density at radius 1 is 1.17 bits per heavy atom. The van der Waals surface area contributed by atoms with Crippen LogP contribution in [0, 0.1) is 19.7 Å². The van der Waals surface area contributed by atoms with E-state index in [1.807, 2.05) is 25.1 Å². The molecular weight excluding hydrogens is 225 g/mol. The van der Waals surface area contributed by atoms with Gasteiger partial charge in [0, 0.05) is 11.8 Å². The van der Waals surface area contributed by atoms with E-state index in [4.69, 9.17) is 0 Å². The number of benzene rings is 1. The quantitative estimate of drug-likeness (QED) is 0.775. The first-order chi connectivity index (χ1) is 8.63. The van der Waals surface area contributed by atoms with E-state index in [1.165, 1.54) is 0 Å². The lowest BCUT2D eigenvalue weighted by Gasteiger charge is -2.12. The Balaban J connectivity index is 2.62. The van der Waals surface area contributed by atoms with E-state index in [1.54, 1.807) is 19.2 Å². The lowest BCUT2D eigenvalue weighted by atomic mass is 9.95. The second-order valence-corrected chi connectivity index (χ2v) is 4.68. The van der Waals surface area contributed by atoms with E-state index in [0.717, 1.165) is 35.2 Å². The van der Waals surface area contributed by atoms with Crippen LogP contribution < -0.4 is 0 Å². The molecule has 2 heteroatoms. The zero-order chi connectivity index (χ0) is 13.1. The van der Waals surface area contributed by atoms with Gasteiger partial charge in [0.1, 0.15) is 5.82 Å². The molecule has 0 spiro atoms. The highest BCUT2D eigenvalue weighted by atomic mass is 19.1. The van der Waals surface area contributed by atoms with Crippen molar-refractivity contribution in [3.8, 4) is 11.3 Å². The predicted octanol–water partition coefficient (Wildman–Crippen LogP) is 4.46. The summed E-state index contributed by atoms with van der Waals surface area (Å²) in [6.45, 7) is 5.94. The molecule has 1 nitrogen and oxygen atoms in total. The van der Waals surface area contributed by atoms with Gasteiger partial charge >= 0.3 is 0 Å². The normalized spacial score (nSPS) is 10.7. The van der Waals surface area contributed by atoms with Gasteiger partial charge in [0.05, 0.1) is 5.69 Å². The molecule has 94 valence electrons. The summed E-state index contributed by atoms with van der Waals surface area (Å²) in [6.07, 6.45) is 3.67. The van der Waals surface area contributed by atoms with Crippen molar-refractivity contribution < 1.29 is 4.39 Å². The van der Waals surface area contributed by atoms with Gasteiger partial charge in [-0.1, -0.05) is 19.4 Å². The SMILES string of the molecule is CCCc1cc(F)c(C)cc1-c1ncccc1C. The Labute approximate surface area is 108 Å². The van der Waals surface area contributed by atoms with Crippen molar-refractivity contribution in [1.82, 2.24) is 4.98 Å². The van der Waals surface area contributed by atoms with Crippen molar-refractivity contribution >= 4 is 0 Å². The summed E-state index contributed by atoms with van der Waals surface area (Å²) < 4.78 is 13.7. The Morgan fingerprint density at radius 3 is 2.61 bits per heavy atom. The van der Waals surface area contributed by atoms with Crippen molar-refractivity contribution in [3.05, 3.63) is 53.0 Å². The molecular formula is C16H18FN. The second-order valence-electron chi connectivity index (χ2n) is 4.68. The molecule has 0 amide bonds. The van der Waals surface area contributed by atoms with Crippen molar-refractivity contribution in [1.29, 1.82) is 0 Å². The molecule has 2 rings (SSSR count). The Bertz CT molecular complexity index is 561. The fraction of sp³-hybridized carbons (Fsp3) is 0.312. The molecule has 2 aromatic rings. The van der Waals surface area contributed by atoms with E-state index >= 15 is 0 Å². The van der Waals surface area contributed by atoms with Gasteiger partial charge in [-0.25, -0.2) is 4.39 Å². The fourth-order valence-corrected chi connectivity index (χ4v) is 2.19. The molecule has 0 saturated heterocycles. The third-order valence-electron chi connectivity index (χ3n) is 3.17. The topological polar surface area (TPSA) is 12.9 Å². The number of hydrogen-bond acceptors (Lipinski definition) is 1. The van der Waals surface area contributed by atoms with E-state index < -0.39 is 0 Å². The first-order valence-electron chi connectivity index (χ1n) is 6.34. The van der Waals surface area contributed by atoms with Gasteiger partial charge in [0.25, 0.3) is 0 Å². The summed E-state index contributed by atoms with van der Waals surface area (Å²) in [4.78, 5) is 4.44. The summed E-state index contributed by atoms with van der Waals surface area (Å²) in [7, 11) is 0. The van der Waals surface area contributed by atoms with Gasteiger partial charge in [-0.2, -0.15) is 0 Å². The molecule has 1 heterocycles. The third-order valence-corrected chi connectivity index (χ3v) is 3.17. The number of pyridine rings is 1. The van der Waals surface area contributed by atoms with Crippen LogP contribution in [0.5, 0.6) is 0 Å². The summed E-state index contributed by atoms with van der Waals surface area (Å²) in [6, 6.07) is 7.53. The molecule has 0 unspecified atom stereocenters. The molecule has 0 radical (unpaired) electrons. The summed E-state index contributed by atoms with van der Waals surface area (Å²) in [5, 5.41) is 0. The van der Waals surface area contributed by atoms with Crippen LogP contribution in [0.3, 0.4) is 0 Å². The van der Waals surface area contributed by atoms with Crippen LogP contribution in [0.15, 0.2) is 30.5 Å². The first-order valence-corrected chi connectivity index (χ1v) is 6.34. The average Bonchev–Trinajstić information content (AvgIpc) is 2.35. The van der Waals surface area contributed by atoms with Crippen molar-refractivity contribution in [2.24, 2.45) is 0 Å². The van der Waals surface area contributed by atoms with Crippen molar-refractivity contribution in [3.63, 3.8) is 0 Å². The number of aromatic nitrogens is 1. The van der Waals surface area contributed by atoms with Gasteiger partial charge in [0.2, 0.25) is 0 Å². The minimum atomic E-state index is -0.129. The lowest BCUT2D eigenvalue weighted by molar-refractivity contribution is 0.616.